The summed E-state index contributed by atoms with van der Waals surface area (Å²) in [6, 6.07) is 13.4. The summed E-state index contributed by atoms with van der Waals surface area (Å²) in [6.07, 6.45) is -2.32. The molecule has 0 saturated heterocycles. The topological polar surface area (TPSA) is 77.5 Å². The van der Waals surface area contributed by atoms with E-state index in [1.54, 1.807) is 12.4 Å². The lowest BCUT2D eigenvalue weighted by atomic mass is 10.3. The number of nitrogens with one attached hydrogen (secondary N) is 1. The molecule has 0 saturated carbocycles. The van der Waals surface area contributed by atoms with Crippen molar-refractivity contribution in [2.75, 3.05) is 11.9 Å². The molecule has 0 amide bonds. The van der Waals surface area contributed by atoms with Gasteiger partial charge in [-0.3, -0.25) is 4.99 Å². The first-order valence-electron chi connectivity index (χ1n) is 8.24. The van der Waals surface area contributed by atoms with Gasteiger partial charge in [0.25, 0.3) is 0 Å². The Morgan fingerprint density at radius 2 is 1.86 bits per heavy atom. The number of halogens is 4. The summed E-state index contributed by atoms with van der Waals surface area (Å²) < 4.78 is 43.3. The van der Waals surface area contributed by atoms with Gasteiger partial charge in [0.15, 0.2) is 11.7 Å². The summed E-state index contributed by atoms with van der Waals surface area (Å²) in [5.74, 6) is -0.350. The van der Waals surface area contributed by atoms with E-state index in [4.69, 9.17) is 5.73 Å². The highest BCUT2D eigenvalue weighted by Crippen LogP contribution is 2.29. The first kappa shape index (κ1) is 21.8. The number of fused-ring (bicyclic) bond motifs is 1. The molecule has 150 valence electrons. The van der Waals surface area contributed by atoms with Crippen LogP contribution < -0.4 is 15.8 Å². The van der Waals surface area contributed by atoms with Gasteiger partial charge in [-0.05, 0) is 30.7 Å². The van der Waals surface area contributed by atoms with E-state index in [2.05, 4.69) is 20.0 Å². The normalized spacial score (nSPS) is 11.9. The molecule has 0 aliphatic rings. The summed E-state index contributed by atoms with van der Waals surface area (Å²) in [7, 11) is 0. The minimum absolute atomic E-state index is 0. The van der Waals surface area contributed by atoms with Crippen LogP contribution in [0.4, 0.5) is 18.9 Å². The fraction of sp³-hybridized carbons (Fsp3) is 0.222. The van der Waals surface area contributed by atoms with Crippen LogP contribution in [-0.2, 0) is 6.54 Å². The Labute approximate surface area is 176 Å². The van der Waals surface area contributed by atoms with Gasteiger partial charge in [0, 0.05) is 13.1 Å². The molecule has 0 atom stereocenters. The number of hydrogen-bond acceptors (Lipinski definition) is 3. The number of para-hydroxylation sites is 4. The molecule has 28 heavy (non-hydrogen) atoms. The largest absolute Gasteiger partial charge is 0.573 e. The summed E-state index contributed by atoms with van der Waals surface area (Å²) in [6.45, 7) is 1.11. The minimum atomic E-state index is -4.78. The molecule has 1 heterocycles. The fourth-order valence-electron chi connectivity index (χ4n) is 2.59. The van der Waals surface area contributed by atoms with Crippen molar-refractivity contribution in [2.24, 2.45) is 10.7 Å². The highest BCUT2D eigenvalue weighted by atomic mass is 127. The van der Waals surface area contributed by atoms with Crippen molar-refractivity contribution < 1.29 is 17.9 Å². The van der Waals surface area contributed by atoms with Crippen LogP contribution in [0.1, 0.15) is 6.42 Å². The van der Waals surface area contributed by atoms with Crippen LogP contribution in [0.3, 0.4) is 0 Å². The zero-order valence-corrected chi connectivity index (χ0v) is 17.0. The van der Waals surface area contributed by atoms with Crippen LogP contribution in [0.2, 0.25) is 0 Å². The second-order valence-corrected chi connectivity index (χ2v) is 5.72. The highest BCUT2D eigenvalue weighted by molar-refractivity contribution is 14.0. The van der Waals surface area contributed by atoms with E-state index in [0.717, 1.165) is 11.0 Å². The Morgan fingerprint density at radius 3 is 2.64 bits per heavy atom. The smallest absolute Gasteiger partial charge is 0.404 e. The van der Waals surface area contributed by atoms with Gasteiger partial charge in [0.2, 0.25) is 0 Å². The van der Waals surface area contributed by atoms with Crippen LogP contribution in [0.25, 0.3) is 11.0 Å². The molecule has 3 aromatic rings. The lowest BCUT2D eigenvalue weighted by Crippen LogP contribution is -2.24. The van der Waals surface area contributed by atoms with E-state index in [1.807, 2.05) is 28.8 Å². The maximum Gasteiger partial charge on any atom is 0.573 e. The molecule has 2 aromatic carbocycles. The summed E-state index contributed by atoms with van der Waals surface area (Å²) in [5, 5.41) is 2.64. The van der Waals surface area contributed by atoms with Crippen molar-refractivity contribution >= 4 is 46.7 Å². The first-order valence-corrected chi connectivity index (χ1v) is 8.24. The molecule has 0 fully saturated rings. The predicted molar refractivity (Wildman–Crippen MR) is 113 cm³/mol. The van der Waals surface area contributed by atoms with E-state index in [9.17, 15) is 13.2 Å². The van der Waals surface area contributed by atoms with Crippen molar-refractivity contribution in [1.29, 1.82) is 0 Å². The maximum atomic E-state index is 12.4. The number of aryl methyl sites for hydroxylation is 1. The summed E-state index contributed by atoms with van der Waals surface area (Å²) in [5.41, 5.74) is 7.82. The van der Waals surface area contributed by atoms with Crippen LogP contribution >= 0.6 is 24.0 Å². The predicted octanol–water partition coefficient (Wildman–Crippen LogP) is 4.37. The van der Waals surface area contributed by atoms with E-state index >= 15 is 0 Å². The molecule has 10 heteroatoms. The number of nitrogens with two attached hydrogens (primary N) is 1. The first-order chi connectivity index (χ1) is 12.9. The van der Waals surface area contributed by atoms with Crippen molar-refractivity contribution in [3.8, 4) is 5.75 Å². The fourth-order valence-corrected chi connectivity index (χ4v) is 2.59. The van der Waals surface area contributed by atoms with Gasteiger partial charge in [-0.1, -0.05) is 24.3 Å². The number of anilines is 1. The number of rotatable bonds is 6. The number of aliphatic imine (C=N–C) groups is 1. The van der Waals surface area contributed by atoms with E-state index < -0.39 is 6.36 Å². The van der Waals surface area contributed by atoms with Crippen molar-refractivity contribution in [3.05, 3.63) is 54.9 Å². The quantitative estimate of drug-likeness (QED) is 0.226. The number of aromatic nitrogens is 2. The van der Waals surface area contributed by atoms with Gasteiger partial charge in [0.1, 0.15) is 0 Å². The van der Waals surface area contributed by atoms with Gasteiger partial charge >= 0.3 is 6.36 Å². The zero-order chi connectivity index (χ0) is 19.3. The Hall–Kier alpha value is -2.50. The average Bonchev–Trinajstić information content (AvgIpc) is 3.02. The second-order valence-electron chi connectivity index (χ2n) is 5.72. The maximum absolute atomic E-state index is 12.4. The standard InChI is InChI=1S/C18H18F3N5O.HI/c19-18(20,21)27-16-9-4-2-7-14(16)25-17(22)23-10-5-11-26-12-24-13-6-1-3-8-15(13)26;/h1-4,6-9,12H,5,10-11H2,(H3,22,23,25);1H. The van der Waals surface area contributed by atoms with E-state index in [0.29, 0.717) is 19.5 Å². The van der Waals surface area contributed by atoms with Crippen molar-refractivity contribution in [3.63, 3.8) is 0 Å². The molecule has 0 aliphatic carbocycles. The van der Waals surface area contributed by atoms with Gasteiger partial charge in [0.05, 0.1) is 23.0 Å². The number of hydrogen-bond donors (Lipinski definition) is 2. The van der Waals surface area contributed by atoms with Gasteiger partial charge < -0.3 is 20.4 Å². The van der Waals surface area contributed by atoms with Crippen LogP contribution in [0.5, 0.6) is 5.75 Å². The van der Waals surface area contributed by atoms with Gasteiger partial charge in [-0.15, -0.1) is 37.1 Å². The third-order valence-corrected chi connectivity index (χ3v) is 3.74. The van der Waals surface area contributed by atoms with Crippen molar-refractivity contribution in [1.82, 2.24) is 9.55 Å². The summed E-state index contributed by atoms with van der Waals surface area (Å²) in [4.78, 5) is 8.46. The number of nitrogens with zero attached hydrogens (tertiary/aromatic N) is 3. The van der Waals surface area contributed by atoms with E-state index in [-0.39, 0.29) is 41.4 Å². The molecule has 3 rings (SSSR count). The molecule has 0 unspecified atom stereocenters. The van der Waals surface area contributed by atoms with Gasteiger partial charge in [-0.2, -0.15) is 0 Å². The number of alkyl halides is 3. The lowest BCUT2D eigenvalue weighted by molar-refractivity contribution is -0.274. The van der Waals surface area contributed by atoms with E-state index in [1.165, 1.54) is 18.2 Å². The Bertz CT molecular complexity index is 942. The second kappa shape index (κ2) is 9.62. The average molecular weight is 505 g/mol. The van der Waals surface area contributed by atoms with Crippen LogP contribution in [-0.4, -0.2) is 28.4 Å². The Kier molecular flexibility index (Phi) is 7.49. The highest BCUT2D eigenvalue weighted by Gasteiger charge is 2.32. The Balaban J connectivity index is 0.00000280. The number of imidazole rings is 1. The molecular weight excluding hydrogens is 486 g/mol. The SMILES string of the molecule is I.NC(=NCCCn1cnc2ccccc21)Nc1ccccc1OC(F)(F)F. The van der Waals surface area contributed by atoms with Gasteiger partial charge in [-0.25, -0.2) is 4.98 Å². The monoisotopic (exact) mass is 505 g/mol. The third-order valence-electron chi connectivity index (χ3n) is 3.74. The third kappa shape index (κ3) is 6.01. The lowest BCUT2D eigenvalue weighted by Gasteiger charge is -2.14. The zero-order valence-electron chi connectivity index (χ0n) is 14.7. The molecule has 0 aliphatic heterocycles. The number of ether oxygens (including phenoxy) is 1. The van der Waals surface area contributed by atoms with Crippen molar-refractivity contribution in [2.45, 2.75) is 19.3 Å². The number of guanidine groups is 1. The molecule has 3 N–H and O–H groups in total. The molecule has 0 spiro atoms. The number of benzene rings is 2. The minimum Gasteiger partial charge on any atom is -0.404 e. The van der Waals surface area contributed by atoms with Crippen LogP contribution in [0, 0.1) is 0 Å². The molecule has 6 nitrogen and oxygen atoms in total. The molecular formula is C18H19F3IN5O. The molecule has 1 aromatic heterocycles. The Morgan fingerprint density at radius 1 is 1.14 bits per heavy atom. The van der Waals surface area contributed by atoms with Crippen LogP contribution in [0.15, 0.2) is 59.9 Å². The molecule has 0 radical (unpaired) electrons. The molecule has 0 bridgehead atoms. The summed E-state index contributed by atoms with van der Waals surface area (Å²) >= 11 is 0.